The first-order valence-electron chi connectivity index (χ1n) is 10.6. The van der Waals surface area contributed by atoms with Crippen molar-refractivity contribution in [3.05, 3.63) is 52.2 Å². The van der Waals surface area contributed by atoms with Crippen molar-refractivity contribution in [3.63, 3.8) is 0 Å². The second kappa shape index (κ2) is 10.3. The Morgan fingerprint density at radius 2 is 1.37 bits per heavy atom. The lowest BCUT2D eigenvalue weighted by molar-refractivity contribution is 0.287. The molecule has 0 aliphatic carbocycles. The monoisotopic (exact) mass is 412 g/mol. The molecule has 2 aromatic rings. The zero-order valence-electron chi connectivity index (χ0n) is 18.2. The average Bonchev–Trinajstić information content (AvgIpc) is 2.73. The molecule has 1 aliphatic heterocycles. The summed E-state index contributed by atoms with van der Waals surface area (Å²) >= 11 is 0. The molecule has 0 atom stereocenters. The third kappa shape index (κ3) is 4.82. The molecule has 0 saturated carbocycles. The molecular weight excluding hydrogens is 382 g/mol. The van der Waals surface area contributed by atoms with Crippen LogP contribution in [-0.4, -0.2) is 38.0 Å². The fourth-order valence-electron chi connectivity index (χ4n) is 3.53. The first-order valence-corrected chi connectivity index (χ1v) is 10.6. The maximum absolute atomic E-state index is 12.7. The Balaban J connectivity index is 2.05. The van der Waals surface area contributed by atoms with Gasteiger partial charge in [-0.05, 0) is 75.6 Å². The molecule has 0 bridgehead atoms. The highest BCUT2D eigenvalue weighted by atomic mass is 16.5. The minimum atomic E-state index is 0.397. The highest BCUT2D eigenvalue weighted by Gasteiger charge is 2.20. The smallest absolute Gasteiger partial charge is 0.161 e. The van der Waals surface area contributed by atoms with Crippen LogP contribution in [0.3, 0.4) is 0 Å². The lowest BCUT2D eigenvalue weighted by Gasteiger charge is -2.38. The van der Waals surface area contributed by atoms with E-state index in [1.807, 2.05) is 64.1 Å². The molecule has 6 nitrogen and oxygen atoms in total. The molecule has 0 radical (unpaired) electrons. The molecular formula is C24H30NO5-. The predicted octanol–water partition coefficient (Wildman–Crippen LogP) is 5.14. The Hall–Kier alpha value is -2.86. The van der Waals surface area contributed by atoms with Gasteiger partial charge in [0.25, 0.3) is 0 Å². The zero-order valence-corrected chi connectivity index (χ0v) is 18.2. The molecule has 30 heavy (non-hydrogen) atoms. The number of ether oxygens (including phenoxy) is 4. The third-order valence-corrected chi connectivity index (χ3v) is 4.77. The van der Waals surface area contributed by atoms with Crippen LogP contribution in [0.25, 0.3) is 11.8 Å². The Morgan fingerprint density at radius 3 is 2.00 bits per heavy atom. The second-order valence-electron chi connectivity index (χ2n) is 6.78. The zero-order chi connectivity index (χ0) is 21.5. The highest BCUT2D eigenvalue weighted by Crippen LogP contribution is 2.39. The van der Waals surface area contributed by atoms with E-state index in [0.29, 0.717) is 62.3 Å². The summed E-state index contributed by atoms with van der Waals surface area (Å²) in [5, 5.41) is 13.8. The summed E-state index contributed by atoms with van der Waals surface area (Å²) in [6, 6.07) is 9.62. The summed E-state index contributed by atoms with van der Waals surface area (Å²) in [6.07, 6.45) is 2.55. The normalized spacial score (nSPS) is 14.4. The lowest BCUT2D eigenvalue weighted by atomic mass is 9.95. The van der Waals surface area contributed by atoms with Gasteiger partial charge in [0.05, 0.1) is 26.4 Å². The first kappa shape index (κ1) is 21.8. The van der Waals surface area contributed by atoms with Gasteiger partial charge in [-0.1, -0.05) is 6.07 Å². The van der Waals surface area contributed by atoms with Crippen molar-refractivity contribution in [2.75, 3.05) is 33.0 Å². The standard InChI is InChI=1S/C24H30NO5/c1-5-27-21-10-9-17(14-22(21)28-6-2)13-20-19-16-24(30-8-4)23(29-7-3)15-18(19)11-12-25(20)26/h9-10,13-16H,5-8,11-12H2,1-4H3/q-1/b20-13-. The van der Waals surface area contributed by atoms with Crippen LogP contribution in [0.4, 0.5) is 0 Å². The molecule has 162 valence electrons. The maximum atomic E-state index is 12.7. The van der Waals surface area contributed by atoms with Gasteiger partial charge in [-0.15, -0.1) is 0 Å². The highest BCUT2D eigenvalue weighted by molar-refractivity contribution is 5.84. The number of rotatable bonds is 9. The molecule has 0 amide bonds. The summed E-state index contributed by atoms with van der Waals surface area (Å²) in [5.74, 6) is 2.74. The van der Waals surface area contributed by atoms with E-state index in [9.17, 15) is 5.21 Å². The van der Waals surface area contributed by atoms with Crippen LogP contribution >= 0.6 is 0 Å². The van der Waals surface area contributed by atoms with Crippen molar-refractivity contribution in [1.29, 1.82) is 0 Å². The predicted molar refractivity (Wildman–Crippen MR) is 119 cm³/mol. The average molecular weight is 413 g/mol. The molecule has 0 aromatic heterocycles. The van der Waals surface area contributed by atoms with E-state index in [2.05, 4.69) is 0 Å². The van der Waals surface area contributed by atoms with Gasteiger partial charge in [0.1, 0.15) is 0 Å². The molecule has 0 unspecified atom stereocenters. The minimum absolute atomic E-state index is 0.397. The molecule has 0 spiro atoms. The Kier molecular flexibility index (Phi) is 7.46. The van der Waals surface area contributed by atoms with E-state index in [1.165, 1.54) is 0 Å². The minimum Gasteiger partial charge on any atom is -0.758 e. The van der Waals surface area contributed by atoms with Gasteiger partial charge in [0.2, 0.25) is 0 Å². The number of hydrogen-bond donors (Lipinski definition) is 0. The summed E-state index contributed by atoms with van der Waals surface area (Å²) in [5.41, 5.74) is 3.43. The van der Waals surface area contributed by atoms with E-state index < -0.39 is 0 Å². The van der Waals surface area contributed by atoms with Gasteiger partial charge in [-0.3, -0.25) is 0 Å². The van der Waals surface area contributed by atoms with E-state index in [1.54, 1.807) is 0 Å². The largest absolute Gasteiger partial charge is 0.758 e. The third-order valence-electron chi connectivity index (χ3n) is 4.77. The van der Waals surface area contributed by atoms with Crippen molar-refractivity contribution >= 4 is 11.8 Å². The van der Waals surface area contributed by atoms with Gasteiger partial charge in [0, 0.05) is 17.8 Å². The molecule has 1 heterocycles. The van der Waals surface area contributed by atoms with Gasteiger partial charge in [0.15, 0.2) is 23.0 Å². The molecule has 0 fully saturated rings. The van der Waals surface area contributed by atoms with Crippen molar-refractivity contribution in [2.45, 2.75) is 34.1 Å². The van der Waals surface area contributed by atoms with E-state index in [0.717, 1.165) is 27.5 Å². The van der Waals surface area contributed by atoms with Crippen molar-refractivity contribution in [1.82, 2.24) is 5.06 Å². The van der Waals surface area contributed by atoms with Crippen molar-refractivity contribution in [2.24, 2.45) is 0 Å². The molecule has 0 saturated heterocycles. The van der Waals surface area contributed by atoms with Gasteiger partial charge >= 0.3 is 0 Å². The van der Waals surface area contributed by atoms with Crippen LogP contribution < -0.4 is 18.9 Å². The van der Waals surface area contributed by atoms with Gasteiger partial charge in [-0.2, -0.15) is 0 Å². The lowest BCUT2D eigenvalue weighted by Crippen LogP contribution is -2.24. The number of benzene rings is 2. The summed E-state index contributed by atoms with van der Waals surface area (Å²) in [7, 11) is 0. The summed E-state index contributed by atoms with van der Waals surface area (Å²) < 4.78 is 22.9. The molecule has 3 rings (SSSR count). The maximum Gasteiger partial charge on any atom is 0.161 e. The van der Waals surface area contributed by atoms with Crippen LogP contribution in [-0.2, 0) is 6.42 Å². The SMILES string of the molecule is CCOc1ccc(/C=C2/c3cc(OCC)c(OCC)cc3CCN2[O-])cc1OCC. The van der Waals surface area contributed by atoms with Gasteiger partial charge in [-0.25, -0.2) is 0 Å². The first-order chi connectivity index (χ1) is 14.6. The topological polar surface area (TPSA) is 63.2 Å². The van der Waals surface area contributed by atoms with E-state index >= 15 is 0 Å². The Bertz CT molecular complexity index is 893. The number of fused-ring (bicyclic) bond motifs is 1. The van der Waals surface area contributed by atoms with Crippen LogP contribution in [0.1, 0.15) is 44.4 Å². The number of hydroxylamine groups is 2. The van der Waals surface area contributed by atoms with Crippen LogP contribution in [0.2, 0.25) is 0 Å². The fraction of sp³-hybridized carbons (Fsp3) is 0.417. The second-order valence-corrected chi connectivity index (χ2v) is 6.78. The molecule has 6 heteroatoms. The Morgan fingerprint density at radius 1 is 0.800 bits per heavy atom. The molecule has 0 N–H and O–H groups in total. The van der Waals surface area contributed by atoms with E-state index in [-0.39, 0.29) is 0 Å². The summed E-state index contributed by atoms with van der Waals surface area (Å²) in [6.45, 7) is 10.3. The van der Waals surface area contributed by atoms with Gasteiger partial charge < -0.3 is 29.2 Å². The fourth-order valence-corrected chi connectivity index (χ4v) is 3.53. The quantitative estimate of drug-likeness (QED) is 0.569. The van der Waals surface area contributed by atoms with Crippen molar-refractivity contribution < 1.29 is 18.9 Å². The van der Waals surface area contributed by atoms with Crippen molar-refractivity contribution in [3.8, 4) is 23.0 Å². The Labute approximate surface area is 178 Å². The molecule has 2 aromatic carbocycles. The van der Waals surface area contributed by atoms with Crippen LogP contribution in [0.5, 0.6) is 23.0 Å². The van der Waals surface area contributed by atoms with E-state index in [4.69, 9.17) is 18.9 Å². The number of hydrogen-bond acceptors (Lipinski definition) is 6. The summed E-state index contributed by atoms with van der Waals surface area (Å²) in [4.78, 5) is 0. The van der Waals surface area contributed by atoms with Crippen LogP contribution in [0.15, 0.2) is 30.3 Å². The molecule has 1 aliphatic rings. The van der Waals surface area contributed by atoms with Crippen LogP contribution in [0, 0.1) is 5.21 Å². The number of nitrogens with zero attached hydrogens (tertiary/aromatic N) is 1.